The fraction of sp³-hybridized carbons (Fsp3) is 0.286. The lowest BCUT2D eigenvalue weighted by Gasteiger charge is -2.45. The van der Waals surface area contributed by atoms with Gasteiger partial charge in [-0.15, -0.1) is 11.8 Å². The van der Waals surface area contributed by atoms with Crippen LogP contribution in [0, 0.1) is 36.3 Å². The van der Waals surface area contributed by atoms with Crippen molar-refractivity contribution in [3.63, 3.8) is 0 Å². The third kappa shape index (κ3) is 9.64. The fourth-order valence-electron chi connectivity index (χ4n) is 5.99. The first kappa shape index (κ1) is 40.1. The molecule has 3 aliphatic heterocycles. The molecule has 20 nitrogen and oxygen atoms in total. The van der Waals surface area contributed by atoms with Gasteiger partial charge in [0.2, 0.25) is 5.91 Å². The van der Waals surface area contributed by atoms with E-state index in [0.29, 0.717) is 21.6 Å². The van der Waals surface area contributed by atoms with Gasteiger partial charge in [0.25, 0.3) is 17.1 Å². The van der Waals surface area contributed by atoms with Crippen molar-refractivity contribution in [3.8, 4) is 0 Å². The van der Waals surface area contributed by atoms with Gasteiger partial charge in [0.15, 0.2) is 5.17 Å². The van der Waals surface area contributed by atoms with E-state index in [2.05, 4.69) is 10.3 Å². The third-order valence-electron chi connectivity index (χ3n) is 8.80. The van der Waals surface area contributed by atoms with Gasteiger partial charge in [-0.2, -0.15) is 0 Å². The number of fused-ring (bicyclic) bond motifs is 1. The number of hydrogen-bond donors (Lipinski definition) is 1. The molecule has 1 N–H and O–H groups in total. The van der Waals surface area contributed by atoms with Crippen molar-refractivity contribution in [2.75, 3.05) is 6.54 Å². The zero-order valence-electron chi connectivity index (χ0n) is 29.5. The number of ether oxygens (including phenoxy) is 4. The number of non-ortho nitro benzene ring substituents is 3. The molecule has 57 heavy (non-hydrogen) atoms. The van der Waals surface area contributed by atoms with Gasteiger partial charge in [0.1, 0.15) is 31.6 Å². The standard InChI is InChI=1S/C35H30N6O14S2/c1-19(55-35(45)54-18-22-6-12-25(13-7-22)41(50)51)29-26-14-27(30(38(26)31(29)42)32(43)52-16-20-2-8-23(9-3-20)39(46)47)56-28-15-36-33(57-28)37-34(44)53-17-21-4-10-24(11-5-21)40(48)49/h2-13,19,26,28-29H,14-18H2,1H3,(H,36,37,44)/t19?,26-,28?,29?/m1/s1. The van der Waals surface area contributed by atoms with Crippen LogP contribution in [0.25, 0.3) is 0 Å². The number of nitro groups is 3. The Bertz CT molecular complexity index is 2170. The van der Waals surface area contributed by atoms with Crippen LogP contribution in [-0.2, 0) is 48.4 Å². The Morgan fingerprint density at radius 3 is 1.82 bits per heavy atom. The summed E-state index contributed by atoms with van der Waals surface area (Å²) in [7, 11) is 0. The second kappa shape index (κ2) is 17.5. The Kier molecular flexibility index (Phi) is 12.3. The van der Waals surface area contributed by atoms with Crippen LogP contribution < -0.4 is 5.32 Å². The lowest BCUT2D eigenvalue weighted by molar-refractivity contribution is -0.385. The van der Waals surface area contributed by atoms with Crippen molar-refractivity contribution < 1.29 is 52.9 Å². The van der Waals surface area contributed by atoms with Gasteiger partial charge < -0.3 is 23.8 Å². The number of amides is 2. The molecule has 1 saturated heterocycles. The quantitative estimate of drug-likeness (QED) is 0.0669. The second-order valence-corrected chi connectivity index (χ2v) is 15.3. The van der Waals surface area contributed by atoms with Crippen LogP contribution in [-0.4, -0.2) is 72.2 Å². The van der Waals surface area contributed by atoms with E-state index in [1.165, 1.54) is 108 Å². The molecule has 3 unspecified atom stereocenters. The minimum absolute atomic E-state index is 0.00868. The highest BCUT2D eigenvalue weighted by Crippen LogP contribution is 2.50. The number of aliphatic imine (C=N–C) groups is 1. The van der Waals surface area contributed by atoms with Crippen LogP contribution >= 0.6 is 23.5 Å². The number of amidine groups is 1. The predicted octanol–water partition coefficient (Wildman–Crippen LogP) is 5.73. The first-order valence-electron chi connectivity index (χ1n) is 16.9. The zero-order valence-corrected chi connectivity index (χ0v) is 31.2. The lowest BCUT2D eigenvalue weighted by atomic mass is 9.83. The summed E-state index contributed by atoms with van der Waals surface area (Å²) in [5, 5.41) is 35.6. The maximum absolute atomic E-state index is 13.6. The molecule has 0 spiro atoms. The van der Waals surface area contributed by atoms with Crippen LogP contribution in [0.5, 0.6) is 0 Å². The summed E-state index contributed by atoms with van der Waals surface area (Å²) in [5.41, 5.74) is 1.09. The van der Waals surface area contributed by atoms with Gasteiger partial charge in [-0.3, -0.25) is 45.4 Å². The van der Waals surface area contributed by atoms with E-state index in [1.54, 1.807) is 0 Å². The Morgan fingerprint density at radius 2 is 1.32 bits per heavy atom. The minimum atomic E-state index is -1.07. The molecular weight excluding hydrogens is 793 g/mol. The fourth-order valence-corrected chi connectivity index (χ4v) is 8.52. The van der Waals surface area contributed by atoms with Gasteiger partial charge in [-0.1, -0.05) is 11.8 Å². The monoisotopic (exact) mass is 822 g/mol. The van der Waals surface area contributed by atoms with Gasteiger partial charge in [0.05, 0.1) is 37.9 Å². The average molecular weight is 823 g/mol. The number of nitro benzene ring substituents is 3. The average Bonchev–Trinajstić information content (AvgIpc) is 3.77. The Morgan fingerprint density at radius 1 is 0.825 bits per heavy atom. The molecule has 1 fully saturated rings. The number of carbonyl (C=O) groups is 4. The first-order chi connectivity index (χ1) is 27.3. The van der Waals surface area contributed by atoms with Crippen LogP contribution in [0.4, 0.5) is 26.7 Å². The molecule has 3 aromatic carbocycles. The third-order valence-corrected chi connectivity index (χ3v) is 11.3. The molecule has 22 heteroatoms. The number of hydrogen-bond acceptors (Lipinski definition) is 17. The van der Waals surface area contributed by atoms with E-state index >= 15 is 0 Å². The lowest BCUT2D eigenvalue weighted by Crippen LogP contribution is -2.62. The summed E-state index contributed by atoms with van der Waals surface area (Å²) < 4.78 is 21.0. The summed E-state index contributed by atoms with van der Waals surface area (Å²) in [6.07, 6.45) is -2.65. The topological polar surface area (TPSA) is 262 Å². The smallest absolute Gasteiger partial charge is 0.456 e. The van der Waals surface area contributed by atoms with E-state index < -0.39 is 57.0 Å². The summed E-state index contributed by atoms with van der Waals surface area (Å²) in [6, 6.07) is 15.7. The largest absolute Gasteiger partial charge is 0.508 e. The van der Waals surface area contributed by atoms with Crippen molar-refractivity contribution in [1.82, 2.24) is 10.2 Å². The van der Waals surface area contributed by atoms with E-state index in [1.807, 2.05) is 0 Å². The summed E-state index contributed by atoms with van der Waals surface area (Å²) in [5.74, 6) is -2.16. The molecule has 0 saturated carbocycles. The Balaban J connectivity index is 1.07. The highest BCUT2D eigenvalue weighted by molar-refractivity contribution is 8.26. The summed E-state index contributed by atoms with van der Waals surface area (Å²) >= 11 is 2.43. The van der Waals surface area contributed by atoms with Crippen molar-refractivity contribution in [1.29, 1.82) is 0 Å². The summed E-state index contributed by atoms with van der Waals surface area (Å²) in [4.78, 5) is 89.5. The SMILES string of the molecule is CC(OC(=O)OCc1ccc([N+](=O)[O-])cc1)C1C(=O)N2C(C(=O)OCc3ccc([N+](=O)[O-])cc3)=C(SC3CN=C(NC(=O)OCc4ccc([N+](=O)[O-])cc4)S3)C[C@H]12. The van der Waals surface area contributed by atoms with Crippen molar-refractivity contribution in [3.05, 3.63) is 130 Å². The number of carbonyl (C=O) groups excluding carboxylic acids is 4. The number of nitrogens with one attached hydrogen (secondary N) is 1. The molecule has 2 amide bonds. The first-order valence-corrected chi connectivity index (χ1v) is 18.6. The maximum Gasteiger partial charge on any atom is 0.508 e. The van der Waals surface area contributed by atoms with Gasteiger partial charge in [-0.05, 0) is 60.0 Å². The highest BCUT2D eigenvalue weighted by atomic mass is 32.2. The predicted molar refractivity (Wildman–Crippen MR) is 200 cm³/mol. The molecule has 3 aliphatic rings. The Labute approximate surface area is 330 Å². The molecule has 0 radical (unpaired) electrons. The van der Waals surface area contributed by atoms with Gasteiger partial charge >= 0.3 is 18.2 Å². The zero-order chi connectivity index (χ0) is 40.8. The van der Waals surface area contributed by atoms with Crippen LogP contribution in [0.15, 0.2) is 88.4 Å². The van der Waals surface area contributed by atoms with Crippen molar-refractivity contribution in [2.24, 2.45) is 10.9 Å². The number of rotatable bonds is 14. The number of β-lactam (4-membered cyclic amide) rings is 1. The summed E-state index contributed by atoms with van der Waals surface area (Å²) in [6.45, 7) is 1.10. The highest BCUT2D eigenvalue weighted by Gasteiger charge is 2.58. The number of thioether (sulfide) groups is 2. The van der Waals surface area contributed by atoms with Crippen LogP contribution in [0.1, 0.15) is 30.0 Å². The van der Waals surface area contributed by atoms with E-state index in [9.17, 15) is 49.5 Å². The number of esters is 1. The van der Waals surface area contributed by atoms with E-state index in [0.717, 1.165) is 0 Å². The molecular formula is C35H30N6O14S2. The van der Waals surface area contributed by atoms with Crippen LogP contribution in [0.2, 0.25) is 0 Å². The molecule has 296 valence electrons. The van der Waals surface area contributed by atoms with Gasteiger partial charge in [0, 0.05) is 47.7 Å². The number of benzene rings is 3. The molecule has 6 rings (SSSR count). The molecule has 3 heterocycles. The molecule has 0 bridgehead atoms. The maximum atomic E-state index is 13.6. The van der Waals surface area contributed by atoms with Crippen LogP contribution in [0.3, 0.4) is 0 Å². The number of alkyl carbamates (subject to hydrolysis) is 1. The second-order valence-electron chi connectivity index (χ2n) is 12.5. The van der Waals surface area contributed by atoms with Gasteiger partial charge in [-0.25, -0.2) is 14.4 Å². The number of nitrogens with zero attached hydrogens (tertiary/aromatic N) is 5. The minimum Gasteiger partial charge on any atom is -0.456 e. The van der Waals surface area contributed by atoms with E-state index in [4.69, 9.17) is 18.9 Å². The molecule has 4 atom stereocenters. The molecule has 0 aromatic heterocycles. The van der Waals surface area contributed by atoms with Crippen molar-refractivity contribution in [2.45, 2.75) is 49.9 Å². The van der Waals surface area contributed by atoms with Crippen molar-refractivity contribution >= 4 is 69.9 Å². The Hall–Kier alpha value is -6.55. The van der Waals surface area contributed by atoms with E-state index in [-0.39, 0.29) is 65.3 Å². The normalized spacial score (nSPS) is 18.8. The molecule has 3 aromatic rings. The molecule has 0 aliphatic carbocycles.